The van der Waals surface area contributed by atoms with Crippen LogP contribution in [-0.2, 0) is 4.74 Å². The van der Waals surface area contributed by atoms with Gasteiger partial charge in [-0.15, -0.1) is 0 Å². The normalized spacial score (nSPS) is 9.76. The molecule has 0 aromatic heterocycles. The number of esters is 1. The third kappa shape index (κ3) is 2.68. The molecule has 0 bridgehead atoms. The van der Waals surface area contributed by atoms with E-state index in [2.05, 4.69) is 20.7 Å². The van der Waals surface area contributed by atoms with Gasteiger partial charge in [0, 0.05) is 11.6 Å². The van der Waals surface area contributed by atoms with E-state index < -0.39 is 22.4 Å². The van der Waals surface area contributed by atoms with Gasteiger partial charge in [0.25, 0.3) is 5.69 Å². The summed E-state index contributed by atoms with van der Waals surface area (Å²) in [6.45, 7) is 0. The fraction of sp³-hybridized carbons (Fsp3) is 0.200. The molecule has 0 amide bonds. The zero-order valence-electron chi connectivity index (χ0n) is 8.81. The summed E-state index contributed by atoms with van der Waals surface area (Å²) in [5.41, 5.74) is -0.781. The van der Waals surface area contributed by atoms with Crippen molar-refractivity contribution >= 4 is 33.4 Å². The number of hydrogen-bond donors (Lipinski definition) is 0. The van der Waals surface area contributed by atoms with Gasteiger partial charge in [-0.1, -0.05) is 22.0 Å². The van der Waals surface area contributed by atoms with Gasteiger partial charge in [0.2, 0.25) is 0 Å². The minimum atomic E-state index is -0.901. The molecule has 0 radical (unpaired) electrons. The molecular weight excluding hydrogens is 294 g/mol. The van der Waals surface area contributed by atoms with E-state index in [1.165, 1.54) is 12.1 Å². The summed E-state index contributed by atoms with van der Waals surface area (Å²) in [7, 11) is 1.10. The second kappa shape index (κ2) is 5.53. The van der Waals surface area contributed by atoms with Gasteiger partial charge in [0.05, 0.1) is 17.4 Å². The molecule has 0 atom stereocenters. The second-order valence-corrected chi connectivity index (χ2v) is 3.57. The topological polar surface area (TPSA) is 86.5 Å². The molecule has 1 rings (SSSR count). The van der Waals surface area contributed by atoms with Gasteiger partial charge >= 0.3 is 5.97 Å². The Morgan fingerprint density at radius 3 is 2.59 bits per heavy atom. The van der Waals surface area contributed by atoms with Crippen molar-refractivity contribution in [3.8, 4) is 0 Å². The molecule has 0 saturated heterocycles. The average molecular weight is 302 g/mol. The molecule has 0 aliphatic heterocycles. The van der Waals surface area contributed by atoms with Crippen LogP contribution in [0.25, 0.3) is 0 Å². The molecule has 1 aromatic rings. The van der Waals surface area contributed by atoms with Crippen LogP contribution in [0.1, 0.15) is 20.7 Å². The van der Waals surface area contributed by atoms with E-state index in [1.54, 1.807) is 0 Å². The van der Waals surface area contributed by atoms with Crippen molar-refractivity contribution in [3.05, 3.63) is 39.4 Å². The number of carbonyl (C=O) groups is 2. The van der Waals surface area contributed by atoms with E-state index in [0.717, 1.165) is 13.2 Å². The van der Waals surface area contributed by atoms with Gasteiger partial charge in [0.1, 0.15) is 5.56 Å². The smallest absolute Gasteiger partial charge is 0.345 e. The molecule has 0 aliphatic rings. The van der Waals surface area contributed by atoms with Gasteiger partial charge in [-0.05, 0) is 6.07 Å². The molecule has 0 spiro atoms. The van der Waals surface area contributed by atoms with Gasteiger partial charge in [-0.25, -0.2) is 4.79 Å². The maximum absolute atomic E-state index is 11.6. The minimum absolute atomic E-state index is 0.0251. The maximum atomic E-state index is 11.6. The number of nitro groups is 1. The molecule has 17 heavy (non-hydrogen) atoms. The van der Waals surface area contributed by atoms with Crippen LogP contribution in [-0.4, -0.2) is 29.1 Å². The first kappa shape index (κ1) is 13.3. The SMILES string of the molecule is COC(=O)c1c(C(=O)CBr)cccc1[N+](=O)[O-]. The third-order valence-corrected chi connectivity index (χ3v) is 2.56. The quantitative estimate of drug-likeness (QED) is 0.279. The number of nitrogens with zero attached hydrogens (tertiary/aromatic N) is 1. The number of carbonyl (C=O) groups excluding carboxylic acids is 2. The number of methoxy groups -OCH3 is 1. The van der Waals surface area contributed by atoms with E-state index in [0.29, 0.717) is 0 Å². The lowest BCUT2D eigenvalue weighted by atomic mass is 10.0. The Morgan fingerprint density at radius 1 is 1.47 bits per heavy atom. The molecule has 0 unspecified atom stereocenters. The summed E-state index contributed by atoms with van der Waals surface area (Å²) in [5.74, 6) is -1.32. The Kier molecular flexibility index (Phi) is 4.33. The van der Waals surface area contributed by atoms with E-state index in [4.69, 9.17) is 0 Å². The number of nitro benzene ring substituents is 1. The van der Waals surface area contributed by atoms with Crippen molar-refractivity contribution in [3.63, 3.8) is 0 Å². The van der Waals surface area contributed by atoms with E-state index in [1.807, 2.05) is 0 Å². The number of rotatable bonds is 4. The second-order valence-electron chi connectivity index (χ2n) is 3.01. The Labute approximate surface area is 105 Å². The zero-order valence-corrected chi connectivity index (χ0v) is 10.4. The number of halogens is 1. The standard InChI is InChI=1S/C10H8BrNO5/c1-17-10(14)9-6(8(13)5-11)3-2-4-7(9)12(15)16/h2-4H,5H2,1H3. The molecule has 7 heteroatoms. The first-order valence-electron chi connectivity index (χ1n) is 4.47. The van der Waals surface area contributed by atoms with E-state index >= 15 is 0 Å². The van der Waals surface area contributed by atoms with Crippen molar-refractivity contribution in [1.29, 1.82) is 0 Å². The van der Waals surface area contributed by atoms with Crippen LogP contribution in [0.2, 0.25) is 0 Å². The Bertz CT molecular complexity index is 486. The summed E-state index contributed by atoms with van der Waals surface area (Å²) in [6, 6.07) is 3.85. The van der Waals surface area contributed by atoms with E-state index in [9.17, 15) is 19.7 Å². The number of ether oxygens (including phenoxy) is 1. The van der Waals surface area contributed by atoms with Gasteiger partial charge in [-0.3, -0.25) is 14.9 Å². The Hall–Kier alpha value is -1.76. The Morgan fingerprint density at radius 2 is 2.12 bits per heavy atom. The number of hydrogen-bond acceptors (Lipinski definition) is 5. The van der Waals surface area contributed by atoms with Gasteiger partial charge < -0.3 is 4.74 Å². The fourth-order valence-corrected chi connectivity index (χ4v) is 1.62. The summed E-state index contributed by atoms with van der Waals surface area (Å²) in [5, 5.41) is 10.8. The fourth-order valence-electron chi connectivity index (χ4n) is 1.31. The van der Waals surface area contributed by atoms with Crippen LogP contribution in [0.3, 0.4) is 0 Å². The highest BCUT2D eigenvalue weighted by atomic mass is 79.9. The van der Waals surface area contributed by atoms with E-state index in [-0.39, 0.29) is 16.5 Å². The largest absolute Gasteiger partial charge is 0.465 e. The van der Waals surface area contributed by atoms with Crippen molar-refractivity contribution in [2.45, 2.75) is 0 Å². The first-order chi connectivity index (χ1) is 8.02. The third-order valence-electron chi connectivity index (χ3n) is 2.05. The number of alkyl halides is 1. The lowest BCUT2D eigenvalue weighted by Gasteiger charge is -2.06. The van der Waals surface area contributed by atoms with Crippen LogP contribution in [0.5, 0.6) is 0 Å². The van der Waals surface area contributed by atoms with Crippen LogP contribution in [0.4, 0.5) is 5.69 Å². The highest BCUT2D eigenvalue weighted by Gasteiger charge is 2.27. The minimum Gasteiger partial charge on any atom is -0.465 e. The summed E-state index contributed by atoms with van der Waals surface area (Å²) in [4.78, 5) is 33.1. The number of benzene rings is 1. The number of Topliss-reactive ketones (excluding diaryl/α,β-unsaturated/α-hetero) is 1. The molecular formula is C10H8BrNO5. The lowest BCUT2D eigenvalue weighted by molar-refractivity contribution is -0.385. The first-order valence-corrected chi connectivity index (χ1v) is 5.60. The van der Waals surface area contributed by atoms with Crippen LogP contribution in [0.15, 0.2) is 18.2 Å². The summed E-state index contributed by atoms with van der Waals surface area (Å²) < 4.78 is 4.45. The summed E-state index contributed by atoms with van der Waals surface area (Å²) in [6.07, 6.45) is 0. The Balaban J connectivity index is 3.50. The highest BCUT2D eigenvalue weighted by molar-refractivity contribution is 9.09. The van der Waals surface area contributed by atoms with Gasteiger partial charge in [-0.2, -0.15) is 0 Å². The molecule has 0 N–H and O–H groups in total. The molecule has 0 heterocycles. The van der Waals surface area contributed by atoms with Crippen molar-refractivity contribution in [2.24, 2.45) is 0 Å². The highest BCUT2D eigenvalue weighted by Crippen LogP contribution is 2.24. The molecule has 0 aliphatic carbocycles. The zero-order chi connectivity index (χ0) is 13.0. The lowest BCUT2D eigenvalue weighted by Crippen LogP contribution is -2.13. The summed E-state index contributed by atoms with van der Waals surface area (Å²) >= 11 is 2.95. The van der Waals surface area contributed by atoms with Crippen LogP contribution < -0.4 is 0 Å². The molecule has 6 nitrogen and oxygen atoms in total. The molecule has 90 valence electrons. The maximum Gasteiger partial charge on any atom is 0.345 e. The average Bonchev–Trinajstić information content (AvgIpc) is 2.35. The van der Waals surface area contributed by atoms with Crippen molar-refractivity contribution in [2.75, 3.05) is 12.4 Å². The predicted octanol–water partition coefficient (Wildman–Crippen LogP) is 1.96. The van der Waals surface area contributed by atoms with Gasteiger partial charge in [0.15, 0.2) is 5.78 Å². The number of ketones is 1. The molecule has 1 aromatic carbocycles. The van der Waals surface area contributed by atoms with Crippen molar-refractivity contribution < 1.29 is 19.2 Å². The van der Waals surface area contributed by atoms with Crippen molar-refractivity contribution in [1.82, 2.24) is 0 Å². The molecule has 0 saturated carbocycles. The predicted molar refractivity (Wildman–Crippen MR) is 62.6 cm³/mol. The van der Waals surface area contributed by atoms with Crippen LogP contribution >= 0.6 is 15.9 Å². The molecule has 0 fully saturated rings. The van der Waals surface area contributed by atoms with Crippen LogP contribution in [0, 0.1) is 10.1 Å². The monoisotopic (exact) mass is 301 g/mol.